The topological polar surface area (TPSA) is 88.4 Å². The highest BCUT2D eigenvalue weighted by molar-refractivity contribution is 14.1. The molecule has 3 aromatic carbocycles. The molecule has 0 radical (unpaired) electrons. The summed E-state index contributed by atoms with van der Waals surface area (Å²) in [6.45, 7) is 5.04. The van der Waals surface area contributed by atoms with Crippen LogP contribution in [0.25, 0.3) is 6.08 Å². The number of rotatable bonds is 10. The minimum atomic E-state index is -0.780. The summed E-state index contributed by atoms with van der Waals surface area (Å²) >= 11 is 7.05. The molecule has 222 valence electrons. The van der Waals surface area contributed by atoms with Gasteiger partial charge >= 0.3 is 5.97 Å². The molecule has 43 heavy (non-hydrogen) atoms. The second kappa shape index (κ2) is 13.9. The number of carbonyl (C=O) groups is 1. The van der Waals surface area contributed by atoms with E-state index >= 15 is 0 Å². The molecule has 11 heteroatoms. The van der Waals surface area contributed by atoms with Gasteiger partial charge in [0.1, 0.15) is 12.4 Å². The van der Waals surface area contributed by atoms with Gasteiger partial charge in [-0.15, -0.1) is 0 Å². The van der Waals surface area contributed by atoms with Gasteiger partial charge in [0.15, 0.2) is 16.3 Å². The summed E-state index contributed by atoms with van der Waals surface area (Å²) in [4.78, 5) is 31.9. The molecule has 0 amide bonds. The van der Waals surface area contributed by atoms with Crippen LogP contribution < -0.4 is 29.1 Å². The Balaban J connectivity index is 1.64. The SMILES string of the molecule is CCOc1ccc([C@H]2C(C(=O)OC)=CN=c3s/c(=C/c4cc(Br)cc(I)c4OCc4ccccc4)c(=O)n32)cc1OCC. The monoisotopic (exact) mass is 774 g/mol. The van der Waals surface area contributed by atoms with Crippen LogP contribution in [0.4, 0.5) is 0 Å². The molecule has 0 saturated heterocycles. The molecule has 0 bridgehead atoms. The largest absolute Gasteiger partial charge is 0.490 e. The summed E-state index contributed by atoms with van der Waals surface area (Å²) in [5.74, 6) is 1.19. The number of ether oxygens (including phenoxy) is 4. The van der Waals surface area contributed by atoms with E-state index in [0.29, 0.717) is 52.0 Å². The van der Waals surface area contributed by atoms with Crippen molar-refractivity contribution in [2.45, 2.75) is 26.5 Å². The number of benzene rings is 3. The number of aromatic nitrogens is 1. The quantitative estimate of drug-likeness (QED) is 0.151. The van der Waals surface area contributed by atoms with Gasteiger partial charge in [0.25, 0.3) is 5.56 Å². The van der Waals surface area contributed by atoms with Crippen molar-refractivity contribution in [2.75, 3.05) is 20.3 Å². The zero-order chi connectivity index (χ0) is 30.5. The van der Waals surface area contributed by atoms with Gasteiger partial charge in [-0.2, -0.15) is 0 Å². The molecule has 5 rings (SSSR count). The average Bonchev–Trinajstić information content (AvgIpc) is 3.32. The second-order valence-electron chi connectivity index (χ2n) is 9.33. The molecule has 1 aromatic heterocycles. The predicted octanol–water partition coefficient (Wildman–Crippen LogP) is 5.76. The first-order valence-corrected chi connectivity index (χ1v) is 16.2. The molecule has 2 heterocycles. The number of carbonyl (C=O) groups excluding carboxylic acids is 1. The number of halogens is 2. The van der Waals surface area contributed by atoms with E-state index in [1.54, 1.807) is 18.2 Å². The maximum absolute atomic E-state index is 14.1. The Labute approximate surface area is 274 Å². The summed E-state index contributed by atoms with van der Waals surface area (Å²) in [5, 5.41) is 0. The Morgan fingerprint density at radius 2 is 1.79 bits per heavy atom. The van der Waals surface area contributed by atoms with Crippen molar-refractivity contribution in [3.05, 3.63) is 117 Å². The molecular formula is C32H28BrIN2O6S. The fourth-order valence-corrected chi connectivity index (χ4v) is 7.36. The Morgan fingerprint density at radius 3 is 2.51 bits per heavy atom. The van der Waals surface area contributed by atoms with E-state index in [2.05, 4.69) is 43.5 Å². The third-order valence-electron chi connectivity index (χ3n) is 6.56. The molecule has 0 unspecified atom stereocenters. The van der Waals surface area contributed by atoms with Crippen LogP contribution in [0.3, 0.4) is 0 Å². The first kappa shape index (κ1) is 31.0. The Bertz CT molecular complexity index is 1870. The Hall–Kier alpha value is -3.42. The van der Waals surface area contributed by atoms with Crippen molar-refractivity contribution in [1.82, 2.24) is 4.57 Å². The van der Waals surface area contributed by atoms with Gasteiger partial charge in [0.05, 0.1) is 40.0 Å². The van der Waals surface area contributed by atoms with E-state index in [0.717, 1.165) is 19.2 Å². The van der Waals surface area contributed by atoms with Gasteiger partial charge in [-0.1, -0.05) is 63.7 Å². The number of hydrogen-bond acceptors (Lipinski definition) is 8. The lowest BCUT2D eigenvalue weighted by atomic mass is 9.97. The summed E-state index contributed by atoms with van der Waals surface area (Å²) in [5.41, 5.74) is 2.37. The van der Waals surface area contributed by atoms with Gasteiger partial charge in [-0.05, 0) is 77.9 Å². The van der Waals surface area contributed by atoms with Crippen LogP contribution in [0, 0.1) is 3.57 Å². The third-order valence-corrected chi connectivity index (χ3v) is 8.81. The Kier molecular flexibility index (Phi) is 10.0. The highest BCUT2D eigenvalue weighted by atomic mass is 127. The lowest BCUT2D eigenvalue weighted by molar-refractivity contribution is -0.136. The van der Waals surface area contributed by atoms with Crippen molar-refractivity contribution in [3.8, 4) is 17.2 Å². The van der Waals surface area contributed by atoms with Crippen LogP contribution in [0.2, 0.25) is 0 Å². The normalized spacial score (nSPS) is 14.4. The third kappa shape index (κ3) is 6.73. The molecular weight excluding hydrogens is 747 g/mol. The molecule has 0 N–H and O–H groups in total. The average molecular weight is 775 g/mol. The number of methoxy groups -OCH3 is 1. The van der Waals surface area contributed by atoms with Gasteiger partial charge < -0.3 is 18.9 Å². The maximum atomic E-state index is 14.1. The van der Waals surface area contributed by atoms with E-state index in [1.165, 1.54) is 29.2 Å². The first-order chi connectivity index (χ1) is 20.8. The highest BCUT2D eigenvalue weighted by Crippen LogP contribution is 2.35. The molecule has 0 aliphatic carbocycles. The number of fused-ring (bicyclic) bond motifs is 1. The summed E-state index contributed by atoms with van der Waals surface area (Å²) < 4.78 is 26.6. The van der Waals surface area contributed by atoms with E-state index in [-0.39, 0.29) is 11.1 Å². The van der Waals surface area contributed by atoms with Crippen molar-refractivity contribution in [1.29, 1.82) is 0 Å². The maximum Gasteiger partial charge on any atom is 0.337 e. The van der Waals surface area contributed by atoms with Crippen LogP contribution in [0.1, 0.15) is 36.6 Å². The zero-order valence-electron chi connectivity index (χ0n) is 23.6. The van der Waals surface area contributed by atoms with E-state index in [4.69, 9.17) is 18.9 Å². The van der Waals surface area contributed by atoms with Gasteiger partial charge in [-0.25, -0.2) is 9.79 Å². The second-order valence-corrected chi connectivity index (χ2v) is 12.4. The van der Waals surface area contributed by atoms with Crippen molar-refractivity contribution >= 4 is 61.9 Å². The molecule has 4 aromatic rings. The predicted molar refractivity (Wildman–Crippen MR) is 178 cm³/mol. The van der Waals surface area contributed by atoms with Gasteiger partial charge in [0.2, 0.25) is 0 Å². The van der Waals surface area contributed by atoms with Crippen molar-refractivity contribution in [2.24, 2.45) is 4.99 Å². The summed E-state index contributed by atoms with van der Waals surface area (Å²) in [7, 11) is 1.31. The van der Waals surface area contributed by atoms with Crippen molar-refractivity contribution in [3.63, 3.8) is 0 Å². The lowest BCUT2D eigenvalue weighted by Gasteiger charge is -2.23. The zero-order valence-corrected chi connectivity index (χ0v) is 28.2. The minimum absolute atomic E-state index is 0.233. The van der Waals surface area contributed by atoms with E-state index in [1.807, 2.05) is 62.4 Å². The van der Waals surface area contributed by atoms with Crippen LogP contribution in [-0.2, 0) is 16.1 Å². The fourth-order valence-electron chi connectivity index (χ4n) is 4.70. The standard InChI is InChI=1S/C32H28BrIN2O6S/c1-4-40-25-12-11-20(14-26(25)41-5-2)28-23(31(38)39-3)17-35-32-36(28)30(37)27(43-32)15-21-13-22(33)16-24(34)29(21)42-18-19-9-7-6-8-10-19/h6-17,28H,4-5,18H2,1-3H3/b27-15+/t28-/m0/s1. The molecule has 0 saturated carbocycles. The van der Waals surface area contributed by atoms with E-state index in [9.17, 15) is 9.59 Å². The van der Waals surface area contributed by atoms with Crippen LogP contribution in [0.15, 0.2) is 86.7 Å². The number of hydrogen-bond donors (Lipinski definition) is 0. The van der Waals surface area contributed by atoms with Crippen LogP contribution in [-0.4, -0.2) is 30.9 Å². The highest BCUT2D eigenvalue weighted by Gasteiger charge is 2.31. The molecule has 0 spiro atoms. The van der Waals surface area contributed by atoms with E-state index < -0.39 is 12.0 Å². The van der Waals surface area contributed by atoms with Gasteiger partial charge in [-0.3, -0.25) is 9.36 Å². The molecule has 1 aliphatic rings. The lowest BCUT2D eigenvalue weighted by Crippen LogP contribution is -2.39. The van der Waals surface area contributed by atoms with Crippen LogP contribution in [0.5, 0.6) is 17.2 Å². The number of nitrogens with zero attached hydrogens (tertiary/aromatic N) is 2. The number of thiazole rings is 1. The first-order valence-electron chi connectivity index (χ1n) is 13.5. The molecule has 8 nitrogen and oxygen atoms in total. The number of esters is 1. The summed E-state index contributed by atoms with van der Waals surface area (Å²) in [6.07, 6.45) is 3.28. The molecule has 0 fully saturated rings. The summed E-state index contributed by atoms with van der Waals surface area (Å²) in [6, 6.07) is 18.4. The Morgan fingerprint density at radius 1 is 1.05 bits per heavy atom. The minimum Gasteiger partial charge on any atom is -0.490 e. The van der Waals surface area contributed by atoms with Crippen molar-refractivity contribution < 1.29 is 23.7 Å². The fraction of sp³-hybridized carbons (Fsp3) is 0.219. The molecule has 1 atom stereocenters. The van der Waals surface area contributed by atoms with Crippen LogP contribution >= 0.6 is 49.9 Å². The molecule has 1 aliphatic heterocycles. The van der Waals surface area contributed by atoms with Gasteiger partial charge in [0, 0.05) is 16.2 Å². The smallest absolute Gasteiger partial charge is 0.337 e.